The molecule has 0 spiro atoms. The second-order valence-corrected chi connectivity index (χ2v) is 3.88. The summed E-state index contributed by atoms with van der Waals surface area (Å²) in [7, 11) is 1.38. The van der Waals surface area contributed by atoms with Gasteiger partial charge in [-0.15, -0.1) is 0 Å². The minimum atomic E-state index is -0.336. The van der Waals surface area contributed by atoms with Crippen molar-refractivity contribution in [3.63, 3.8) is 0 Å². The molecule has 0 atom stereocenters. The fourth-order valence-electron chi connectivity index (χ4n) is 1.59. The molecule has 14 heavy (non-hydrogen) atoms. The maximum absolute atomic E-state index is 11.5. The van der Waals surface area contributed by atoms with Crippen LogP contribution in [0.25, 0.3) is 0 Å². The Kier molecular flexibility index (Phi) is 2.46. The van der Waals surface area contributed by atoms with Crippen molar-refractivity contribution < 1.29 is 9.53 Å². The molecule has 1 aliphatic rings. The number of carbonyl (C=O) groups is 1. The molecule has 2 nitrogen and oxygen atoms in total. The standard InChI is InChI=1S/C11H11ClO2/c1-14-11(13)10-8(7-5-6-7)3-2-4-9(10)12/h2-4,7H,5-6H2,1H3. The Bertz CT molecular complexity index is 370. The lowest BCUT2D eigenvalue weighted by molar-refractivity contribution is 0.0599. The van der Waals surface area contributed by atoms with Crippen molar-refractivity contribution in [3.05, 3.63) is 34.3 Å². The zero-order valence-electron chi connectivity index (χ0n) is 7.92. The molecule has 0 radical (unpaired) electrons. The fraction of sp³-hybridized carbons (Fsp3) is 0.364. The number of carbonyl (C=O) groups excluding carboxylic acids is 1. The number of esters is 1. The third-order valence-electron chi connectivity index (χ3n) is 2.45. The highest BCUT2D eigenvalue weighted by Crippen LogP contribution is 2.43. The van der Waals surface area contributed by atoms with Gasteiger partial charge in [0.05, 0.1) is 17.7 Å². The van der Waals surface area contributed by atoms with E-state index in [1.165, 1.54) is 7.11 Å². The van der Waals surface area contributed by atoms with Crippen molar-refractivity contribution in [3.8, 4) is 0 Å². The highest BCUT2D eigenvalue weighted by Gasteiger charge is 2.29. The molecule has 1 aromatic rings. The van der Waals surface area contributed by atoms with E-state index in [4.69, 9.17) is 16.3 Å². The molecule has 1 aliphatic carbocycles. The van der Waals surface area contributed by atoms with Crippen molar-refractivity contribution in [2.24, 2.45) is 0 Å². The highest BCUT2D eigenvalue weighted by atomic mass is 35.5. The Morgan fingerprint density at radius 1 is 1.50 bits per heavy atom. The van der Waals surface area contributed by atoms with E-state index in [1.54, 1.807) is 6.07 Å². The van der Waals surface area contributed by atoms with Crippen LogP contribution < -0.4 is 0 Å². The van der Waals surface area contributed by atoms with Crippen LogP contribution in [0.2, 0.25) is 5.02 Å². The summed E-state index contributed by atoms with van der Waals surface area (Å²) in [6.45, 7) is 0. The minimum absolute atomic E-state index is 0.336. The first-order valence-corrected chi connectivity index (χ1v) is 4.98. The molecule has 0 amide bonds. The van der Waals surface area contributed by atoms with Crippen LogP contribution in [0.4, 0.5) is 0 Å². The predicted octanol–water partition coefficient (Wildman–Crippen LogP) is 3.00. The van der Waals surface area contributed by atoms with Crippen LogP contribution in [0, 0.1) is 0 Å². The van der Waals surface area contributed by atoms with Crippen LogP contribution in [0.15, 0.2) is 18.2 Å². The largest absolute Gasteiger partial charge is 0.465 e. The van der Waals surface area contributed by atoms with Crippen molar-refractivity contribution in [2.75, 3.05) is 7.11 Å². The molecule has 0 bridgehead atoms. The summed E-state index contributed by atoms with van der Waals surface area (Å²) in [5, 5.41) is 0.487. The third kappa shape index (κ3) is 1.62. The van der Waals surface area contributed by atoms with Crippen molar-refractivity contribution in [2.45, 2.75) is 18.8 Å². The number of hydrogen-bond donors (Lipinski definition) is 0. The lowest BCUT2D eigenvalue weighted by atomic mass is 10.0. The van der Waals surface area contributed by atoms with Gasteiger partial charge in [-0.25, -0.2) is 4.79 Å². The average molecular weight is 211 g/mol. The molecule has 0 aromatic heterocycles. The first kappa shape index (κ1) is 9.53. The van der Waals surface area contributed by atoms with E-state index < -0.39 is 0 Å². The first-order valence-electron chi connectivity index (χ1n) is 4.60. The molecule has 0 saturated heterocycles. The maximum Gasteiger partial charge on any atom is 0.339 e. The molecular weight excluding hydrogens is 200 g/mol. The summed E-state index contributed by atoms with van der Waals surface area (Å²) in [5.41, 5.74) is 1.57. The highest BCUT2D eigenvalue weighted by molar-refractivity contribution is 6.33. The van der Waals surface area contributed by atoms with Gasteiger partial charge in [0.25, 0.3) is 0 Å². The fourth-order valence-corrected chi connectivity index (χ4v) is 1.85. The van der Waals surface area contributed by atoms with Gasteiger partial charge in [-0.1, -0.05) is 23.7 Å². The van der Waals surface area contributed by atoms with Crippen molar-refractivity contribution in [1.29, 1.82) is 0 Å². The van der Waals surface area contributed by atoms with Gasteiger partial charge in [0.1, 0.15) is 0 Å². The average Bonchev–Trinajstić information content (AvgIpc) is 2.99. The quantitative estimate of drug-likeness (QED) is 0.702. The summed E-state index contributed by atoms with van der Waals surface area (Å²) in [5.74, 6) is 0.167. The third-order valence-corrected chi connectivity index (χ3v) is 2.77. The SMILES string of the molecule is COC(=O)c1c(Cl)cccc1C1CC1. The molecular formula is C11H11ClO2. The van der Waals surface area contributed by atoms with Crippen LogP contribution >= 0.6 is 11.6 Å². The molecule has 1 saturated carbocycles. The summed E-state index contributed by atoms with van der Waals surface area (Å²) in [6, 6.07) is 5.55. The lowest BCUT2D eigenvalue weighted by Gasteiger charge is -2.07. The van der Waals surface area contributed by atoms with Crippen LogP contribution in [-0.2, 0) is 4.74 Å². The van der Waals surface area contributed by atoms with Gasteiger partial charge in [-0.3, -0.25) is 0 Å². The predicted molar refractivity (Wildman–Crippen MR) is 54.8 cm³/mol. The van der Waals surface area contributed by atoms with Crippen LogP contribution in [-0.4, -0.2) is 13.1 Å². The molecule has 1 fully saturated rings. The lowest BCUT2D eigenvalue weighted by Crippen LogP contribution is -2.05. The molecule has 2 rings (SSSR count). The number of ether oxygens (including phenoxy) is 1. The smallest absolute Gasteiger partial charge is 0.339 e. The number of rotatable bonds is 2. The molecule has 3 heteroatoms. The van der Waals surface area contributed by atoms with Gasteiger partial charge in [0.2, 0.25) is 0 Å². The van der Waals surface area contributed by atoms with E-state index in [9.17, 15) is 4.79 Å². The van der Waals surface area contributed by atoms with E-state index in [1.807, 2.05) is 12.1 Å². The van der Waals surface area contributed by atoms with Gasteiger partial charge in [-0.2, -0.15) is 0 Å². The number of benzene rings is 1. The van der Waals surface area contributed by atoms with Gasteiger partial charge in [-0.05, 0) is 30.4 Å². The summed E-state index contributed by atoms with van der Waals surface area (Å²) in [4.78, 5) is 11.5. The monoisotopic (exact) mass is 210 g/mol. The van der Waals surface area contributed by atoms with Crippen molar-refractivity contribution in [1.82, 2.24) is 0 Å². The van der Waals surface area contributed by atoms with E-state index >= 15 is 0 Å². The summed E-state index contributed by atoms with van der Waals surface area (Å²) in [6.07, 6.45) is 2.29. The molecule has 1 aromatic carbocycles. The Labute approximate surface area is 87.8 Å². The zero-order valence-corrected chi connectivity index (χ0v) is 8.67. The van der Waals surface area contributed by atoms with E-state index in [0.29, 0.717) is 16.5 Å². The number of halogens is 1. The van der Waals surface area contributed by atoms with E-state index in [-0.39, 0.29) is 5.97 Å². The molecule has 0 heterocycles. The maximum atomic E-state index is 11.5. The summed E-state index contributed by atoms with van der Waals surface area (Å²) < 4.78 is 4.71. The van der Waals surface area contributed by atoms with Gasteiger partial charge < -0.3 is 4.74 Å². The van der Waals surface area contributed by atoms with Gasteiger partial charge in [0.15, 0.2) is 0 Å². The van der Waals surface area contributed by atoms with Crippen LogP contribution in [0.1, 0.15) is 34.7 Å². The Balaban J connectivity index is 2.47. The van der Waals surface area contributed by atoms with Crippen LogP contribution in [0.5, 0.6) is 0 Å². The summed E-state index contributed by atoms with van der Waals surface area (Å²) >= 11 is 5.97. The second-order valence-electron chi connectivity index (χ2n) is 3.47. The zero-order chi connectivity index (χ0) is 10.1. The minimum Gasteiger partial charge on any atom is -0.465 e. The second kappa shape index (κ2) is 3.62. The first-order chi connectivity index (χ1) is 6.74. The van der Waals surface area contributed by atoms with Crippen molar-refractivity contribution >= 4 is 17.6 Å². The molecule has 0 aliphatic heterocycles. The Morgan fingerprint density at radius 3 is 2.79 bits per heavy atom. The Hall–Kier alpha value is -1.02. The molecule has 0 unspecified atom stereocenters. The number of methoxy groups -OCH3 is 1. The number of hydrogen-bond acceptors (Lipinski definition) is 2. The van der Waals surface area contributed by atoms with E-state index in [0.717, 1.165) is 18.4 Å². The Morgan fingerprint density at radius 2 is 2.21 bits per heavy atom. The topological polar surface area (TPSA) is 26.3 Å². The molecule has 74 valence electrons. The molecule has 0 N–H and O–H groups in total. The van der Waals surface area contributed by atoms with Gasteiger partial charge in [0, 0.05) is 0 Å². The van der Waals surface area contributed by atoms with Crippen LogP contribution in [0.3, 0.4) is 0 Å². The van der Waals surface area contributed by atoms with E-state index in [2.05, 4.69) is 0 Å². The normalized spacial score (nSPS) is 15.3. The van der Waals surface area contributed by atoms with Gasteiger partial charge >= 0.3 is 5.97 Å².